The summed E-state index contributed by atoms with van der Waals surface area (Å²) in [5.41, 5.74) is 2.95. The van der Waals surface area contributed by atoms with Crippen molar-refractivity contribution in [2.24, 2.45) is 0 Å². The molecule has 3 aromatic rings. The Balaban J connectivity index is 1.71. The van der Waals surface area contributed by atoms with Crippen LogP contribution in [0.4, 0.5) is 0 Å². The van der Waals surface area contributed by atoms with Crippen LogP contribution in [0.25, 0.3) is 6.08 Å². The number of benzene rings is 2. The normalized spacial score (nSPS) is 10.7. The van der Waals surface area contributed by atoms with Crippen LogP contribution in [-0.4, -0.2) is 16.6 Å². The molecule has 3 rings (SSSR count). The maximum atomic E-state index is 12.5. The molecule has 0 radical (unpaired) electrons. The second-order valence-corrected chi connectivity index (χ2v) is 5.66. The summed E-state index contributed by atoms with van der Waals surface area (Å²) in [4.78, 5) is 28.5. The summed E-state index contributed by atoms with van der Waals surface area (Å²) in [6.45, 7) is 0. The number of ketones is 2. The van der Waals surface area contributed by atoms with Crippen molar-refractivity contribution in [2.45, 2.75) is 6.42 Å². The van der Waals surface area contributed by atoms with Gasteiger partial charge in [-0.1, -0.05) is 60.7 Å². The molecule has 0 aliphatic rings. The van der Waals surface area contributed by atoms with Gasteiger partial charge in [-0.15, -0.1) is 0 Å². The van der Waals surface area contributed by atoms with Crippen molar-refractivity contribution < 1.29 is 9.59 Å². The third-order valence-corrected chi connectivity index (χ3v) is 3.75. The molecule has 25 heavy (non-hydrogen) atoms. The first kappa shape index (κ1) is 16.5. The van der Waals surface area contributed by atoms with Gasteiger partial charge in [-0.2, -0.15) is 0 Å². The second-order valence-electron chi connectivity index (χ2n) is 5.66. The number of allylic oxidation sites excluding steroid dienone is 1. The molecule has 0 aliphatic carbocycles. The first-order valence-corrected chi connectivity index (χ1v) is 8.02. The average Bonchev–Trinajstić information content (AvgIpc) is 2.67. The van der Waals surface area contributed by atoms with Crippen LogP contribution >= 0.6 is 0 Å². The molecule has 0 saturated carbocycles. The van der Waals surface area contributed by atoms with Crippen molar-refractivity contribution in [1.29, 1.82) is 0 Å². The predicted molar refractivity (Wildman–Crippen MR) is 98.3 cm³/mol. The van der Waals surface area contributed by atoms with Crippen LogP contribution in [0, 0.1) is 0 Å². The lowest BCUT2D eigenvalue weighted by Crippen LogP contribution is -2.01. The Morgan fingerprint density at radius 1 is 0.880 bits per heavy atom. The summed E-state index contributed by atoms with van der Waals surface area (Å²) in [6.07, 6.45) is 6.95. The van der Waals surface area contributed by atoms with E-state index in [0.29, 0.717) is 17.5 Å². The zero-order chi connectivity index (χ0) is 17.5. The molecule has 0 N–H and O–H groups in total. The zero-order valence-electron chi connectivity index (χ0n) is 13.6. The minimum absolute atomic E-state index is 0.00668. The third-order valence-electron chi connectivity index (χ3n) is 3.75. The molecule has 0 atom stereocenters. The largest absolute Gasteiger partial charge is 0.294 e. The Labute approximate surface area is 146 Å². The molecular weight excluding hydrogens is 310 g/mol. The highest BCUT2D eigenvalue weighted by molar-refractivity contribution is 6.09. The van der Waals surface area contributed by atoms with Gasteiger partial charge >= 0.3 is 0 Å². The molecule has 0 bridgehead atoms. The van der Waals surface area contributed by atoms with E-state index in [0.717, 1.165) is 11.1 Å². The summed E-state index contributed by atoms with van der Waals surface area (Å²) >= 11 is 0. The smallest absolute Gasteiger partial charge is 0.193 e. The summed E-state index contributed by atoms with van der Waals surface area (Å²) in [5.74, 6) is -0.0367. The molecule has 3 nitrogen and oxygen atoms in total. The van der Waals surface area contributed by atoms with Gasteiger partial charge in [0.1, 0.15) is 0 Å². The zero-order valence-corrected chi connectivity index (χ0v) is 13.6. The number of hydrogen-bond acceptors (Lipinski definition) is 3. The van der Waals surface area contributed by atoms with E-state index in [4.69, 9.17) is 0 Å². The third kappa shape index (κ3) is 4.58. The minimum Gasteiger partial charge on any atom is -0.294 e. The number of carbonyl (C=O) groups is 2. The fraction of sp³-hybridized carbons (Fsp3) is 0.0455. The van der Waals surface area contributed by atoms with Gasteiger partial charge in [0, 0.05) is 29.9 Å². The standard InChI is InChI=1S/C22H17NO2/c24-21(15-18-7-5-13-23-16-18)12-11-17-6-4-10-20(14-17)22(25)19-8-2-1-3-9-19/h1-14,16H,15H2. The maximum absolute atomic E-state index is 12.5. The van der Waals surface area contributed by atoms with Crippen LogP contribution in [0.1, 0.15) is 27.0 Å². The van der Waals surface area contributed by atoms with Crippen molar-refractivity contribution in [1.82, 2.24) is 4.98 Å². The number of carbonyl (C=O) groups excluding carboxylic acids is 2. The molecule has 122 valence electrons. The number of aromatic nitrogens is 1. The van der Waals surface area contributed by atoms with Crippen LogP contribution in [0.5, 0.6) is 0 Å². The van der Waals surface area contributed by atoms with Crippen molar-refractivity contribution >= 4 is 17.6 Å². The number of nitrogens with zero attached hydrogens (tertiary/aromatic N) is 1. The average molecular weight is 327 g/mol. The molecule has 0 spiro atoms. The van der Waals surface area contributed by atoms with Crippen LogP contribution < -0.4 is 0 Å². The van der Waals surface area contributed by atoms with Crippen LogP contribution in [0.15, 0.2) is 85.2 Å². The highest BCUT2D eigenvalue weighted by Gasteiger charge is 2.08. The molecule has 1 heterocycles. The molecule has 2 aromatic carbocycles. The maximum Gasteiger partial charge on any atom is 0.193 e. The highest BCUT2D eigenvalue weighted by atomic mass is 16.1. The lowest BCUT2D eigenvalue weighted by Gasteiger charge is -2.02. The summed E-state index contributed by atoms with van der Waals surface area (Å²) in [5, 5.41) is 0. The topological polar surface area (TPSA) is 47.0 Å². The number of pyridine rings is 1. The molecule has 0 unspecified atom stereocenters. The van der Waals surface area contributed by atoms with Gasteiger partial charge in [-0.25, -0.2) is 0 Å². The fourth-order valence-electron chi connectivity index (χ4n) is 2.49. The summed E-state index contributed by atoms with van der Waals surface area (Å²) in [6, 6.07) is 20.1. The highest BCUT2D eigenvalue weighted by Crippen LogP contribution is 2.13. The molecule has 0 saturated heterocycles. The van der Waals surface area contributed by atoms with Crippen molar-refractivity contribution in [3.8, 4) is 0 Å². The van der Waals surface area contributed by atoms with Gasteiger partial charge in [0.05, 0.1) is 0 Å². The van der Waals surface area contributed by atoms with Crippen LogP contribution in [-0.2, 0) is 11.2 Å². The second kappa shape index (κ2) is 7.97. The van der Waals surface area contributed by atoms with Gasteiger partial charge in [-0.3, -0.25) is 14.6 Å². The Morgan fingerprint density at radius 3 is 2.44 bits per heavy atom. The minimum atomic E-state index is -0.0301. The van der Waals surface area contributed by atoms with E-state index in [9.17, 15) is 9.59 Å². The van der Waals surface area contributed by atoms with E-state index < -0.39 is 0 Å². The predicted octanol–water partition coefficient (Wildman–Crippen LogP) is 4.14. The fourth-order valence-corrected chi connectivity index (χ4v) is 2.49. The van der Waals surface area contributed by atoms with E-state index >= 15 is 0 Å². The Bertz CT molecular complexity index is 900. The molecule has 0 aliphatic heterocycles. The summed E-state index contributed by atoms with van der Waals surface area (Å²) in [7, 11) is 0. The van der Waals surface area contributed by atoms with E-state index in [-0.39, 0.29) is 11.6 Å². The van der Waals surface area contributed by atoms with Gasteiger partial charge < -0.3 is 0 Å². The summed E-state index contributed by atoms with van der Waals surface area (Å²) < 4.78 is 0. The van der Waals surface area contributed by atoms with E-state index in [1.165, 1.54) is 0 Å². The van der Waals surface area contributed by atoms with Crippen molar-refractivity contribution in [3.05, 3.63) is 107 Å². The first-order chi connectivity index (χ1) is 12.2. The molecule has 0 fully saturated rings. The van der Waals surface area contributed by atoms with E-state index in [1.54, 1.807) is 48.8 Å². The SMILES string of the molecule is O=C(C=Cc1cccc(C(=O)c2ccccc2)c1)Cc1cccnc1. The lowest BCUT2D eigenvalue weighted by molar-refractivity contribution is -0.113. The van der Waals surface area contributed by atoms with Crippen LogP contribution in [0.3, 0.4) is 0 Å². The molecule has 0 amide bonds. The Kier molecular flexibility index (Phi) is 5.27. The quantitative estimate of drug-likeness (QED) is 0.505. The van der Waals surface area contributed by atoms with Gasteiger partial charge in [0.2, 0.25) is 0 Å². The Morgan fingerprint density at radius 2 is 1.68 bits per heavy atom. The van der Waals surface area contributed by atoms with E-state index in [2.05, 4.69) is 4.98 Å². The van der Waals surface area contributed by atoms with E-state index in [1.807, 2.05) is 42.5 Å². The number of rotatable bonds is 6. The first-order valence-electron chi connectivity index (χ1n) is 8.02. The van der Waals surface area contributed by atoms with Crippen LogP contribution in [0.2, 0.25) is 0 Å². The van der Waals surface area contributed by atoms with Gasteiger partial charge in [0.15, 0.2) is 11.6 Å². The van der Waals surface area contributed by atoms with Crippen molar-refractivity contribution in [3.63, 3.8) is 0 Å². The molecule has 3 heteroatoms. The molecular formula is C22H17NO2. The van der Waals surface area contributed by atoms with Gasteiger partial charge in [-0.05, 0) is 29.3 Å². The lowest BCUT2D eigenvalue weighted by atomic mass is 10.0. The van der Waals surface area contributed by atoms with Crippen molar-refractivity contribution in [2.75, 3.05) is 0 Å². The Hall–Kier alpha value is -3.33. The molecule has 1 aromatic heterocycles. The number of hydrogen-bond donors (Lipinski definition) is 0. The van der Waals surface area contributed by atoms with Gasteiger partial charge in [0.25, 0.3) is 0 Å². The monoisotopic (exact) mass is 327 g/mol.